The average Bonchev–Trinajstić information content (AvgIpc) is 3.01. The van der Waals surface area contributed by atoms with E-state index in [0.717, 1.165) is 24.1 Å². The smallest absolute Gasteiger partial charge is 0.293 e. The van der Waals surface area contributed by atoms with Crippen LogP contribution in [0, 0.1) is 5.92 Å². The summed E-state index contributed by atoms with van der Waals surface area (Å²) in [6.07, 6.45) is 6.47. The molecule has 0 saturated heterocycles. The minimum Gasteiger partial charge on any atom is -0.469 e. The zero-order valence-electron chi connectivity index (χ0n) is 11.3. The Kier molecular flexibility index (Phi) is 5.45. The van der Waals surface area contributed by atoms with Crippen LogP contribution in [-0.2, 0) is 0 Å². The summed E-state index contributed by atoms with van der Waals surface area (Å²) in [5, 5.41) is 0.960. The second-order valence-electron chi connectivity index (χ2n) is 4.89. The van der Waals surface area contributed by atoms with Crippen molar-refractivity contribution in [1.82, 2.24) is 14.3 Å². The van der Waals surface area contributed by atoms with E-state index in [2.05, 4.69) is 9.36 Å². The summed E-state index contributed by atoms with van der Waals surface area (Å²) in [5.41, 5.74) is 0. The topological polar surface area (TPSA) is 55.3 Å². The summed E-state index contributed by atoms with van der Waals surface area (Å²) in [6, 6.07) is 0. The van der Waals surface area contributed by atoms with Crippen molar-refractivity contribution >= 4 is 28.5 Å². The van der Waals surface area contributed by atoms with E-state index in [0.29, 0.717) is 17.0 Å². The van der Waals surface area contributed by atoms with E-state index < -0.39 is 0 Å². The lowest BCUT2D eigenvalue weighted by atomic mass is 10.1. The molecule has 1 aliphatic rings. The normalized spacial score (nSPS) is 15.7. The number of rotatable bonds is 5. The number of hydrogen-bond acceptors (Lipinski definition) is 6. The third kappa shape index (κ3) is 4.65. The number of thioether (sulfide) groups is 1. The molecule has 5 nitrogen and oxygen atoms in total. The maximum atomic E-state index is 11.5. The van der Waals surface area contributed by atoms with Gasteiger partial charge in [-0.15, -0.1) is 0 Å². The van der Waals surface area contributed by atoms with Crippen molar-refractivity contribution in [2.75, 3.05) is 20.7 Å². The Hall–Kier alpha value is -0.820. The van der Waals surface area contributed by atoms with Gasteiger partial charge in [0.15, 0.2) is 0 Å². The zero-order chi connectivity index (χ0) is 13.7. The highest BCUT2D eigenvalue weighted by Crippen LogP contribution is 2.28. The largest absolute Gasteiger partial charge is 0.469 e. The number of carbonyl (C=O) groups is 1. The lowest BCUT2D eigenvalue weighted by Gasteiger charge is -2.07. The van der Waals surface area contributed by atoms with Crippen molar-refractivity contribution in [3.63, 3.8) is 0 Å². The maximum Gasteiger partial charge on any atom is 0.293 e. The molecule has 1 fully saturated rings. The number of nitrogens with zero attached hydrogens (tertiary/aromatic N) is 3. The highest BCUT2D eigenvalue weighted by molar-refractivity contribution is 8.13. The quantitative estimate of drug-likeness (QED) is 0.781. The van der Waals surface area contributed by atoms with Crippen LogP contribution in [0.1, 0.15) is 32.1 Å². The van der Waals surface area contributed by atoms with Crippen LogP contribution in [0.2, 0.25) is 0 Å². The fraction of sp³-hybridized carbons (Fsp3) is 0.750. The van der Waals surface area contributed by atoms with Gasteiger partial charge in [-0.25, -0.2) is 0 Å². The van der Waals surface area contributed by atoms with Crippen molar-refractivity contribution in [3.05, 3.63) is 0 Å². The first-order valence-electron chi connectivity index (χ1n) is 6.51. The number of amides is 1. The van der Waals surface area contributed by atoms with Crippen LogP contribution in [0.4, 0.5) is 4.79 Å². The molecule has 1 saturated carbocycles. The van der Waals surface area contributed by atoms with Gasteiger partial charge in [0.2, 0.25) is 5.16 Å². The Morgan fingerprint density at radius 1 is 1.47 bits per heavy atom. The van der Waals surface area contributed by atoms with Crippen LogP contribution >= 0.6 is 23.3 Å². The lowest BCUT2D eigenvalue weighted by Crippen LogP contribution is -2.16. The van der Waals surface area contributed by atoms with Gasteiger partial charge in [0.1, 0.15) is 0 Å². The molecule has 1 aromatic heterocycles. The van der Waals surface area contributed by atoms with Gasteiger partial charge >= 0.3 is 0 Å². The molecule has 0 bridgehead atoms. The molecule has 0 radical (unpaired) electrons. The molecule has 0 aliphatic heterocycles. The van der Waals surface area contributed by atoms with Crippen molar-refractivity contribution in [1.29, 1.82) is 0 Å². The summed E-state index contributed by atoms with van der Waals surface area (Å²) >= 11 is 2.24. The Bertz CT molecular complexity index is 417. The highest BCUT2D eigenvalue weighted by atomic mass is 32.2. The summed E-state index contributed by atoms with van der Waals surface area (Å²) in [4.78, 5) is 17.2. The molecular formula is C12H19N3O2S2. The molecular weight excluding hydrogens is 282 g/mol. The predicted octanol–water partition coefficient (Wildman–Crippen LogP) is 3.27. The van der Waals surface area contributed by atoms with Crippen LogP contribution in [0.15, 0.2) is 5.16 Å². The molecule has 7 heteroatoms. The van der Waals surface area contributed by atoms with E-state index in [9.17, 15) is 4.79 Å². The Morgan fingerprint density at radius 3 is 2.89 bits per heavy atom. The Balaban J connectivity index is 1.72. The second kappa shape index (κ2) is 7.09. The lowest BCUT2D eigenvalue weighted by molar-refractivity contribution is 0.241. The first kappa shape index (κ1) is 14.6. The maximum absolute atomic E-state index is 11.5. The molecule has 1 amide bonds. The molecule has 1 heterocycles. The van der Waals surface area contributed by atoms with E-state index in [-0.39, 0.29) is 5.24 Å². The van der Waals surface area contributed by atoms with Gasteiger partial charge in [-0.1, -0.05) is 25.7 Å². The molecule has 19 heavy (non-hydrogen) atoms. The fourth-order valence-corrected chi connectivity index (χ4v) is 3.32. The minimum absolute atomic E-state index is 0.0738. The van der Waals surface area contributed by atoms with Crippen LogP contribution in [-0.4, -0.2) is 40.2 Å². The van der Waals surface area contributed by atoms with Crippen molar-refractivity contribution in [2.24, 2.45) is 5.92 Å². The first-order chi connectivity index (χ1) is 9.15. The van der Waals surface area contributed by atoms with E-state index in [1.54, 1.807) is 14.1 Å². The molecule has 0 N–H and O–H groups in total. The highest BCUT2D eigenvalue weighted by Gasteiger charge is 2.16. The SMILES string of the molecule is CN(C)C(=O)Sc1nsc(OCCC2CCCC2)n1. The van der Waals surface area contributed by atoms with E-state index >= 15 is 0 Å². The van der Waals surface area contributed by atoms with Gasteiger partial charge < -0.3 is 9.64 Å². The molecule has 2 rings (SSSR count). The van der Waals surface area contributed by atoms with Crippen molar-refractivity contribution < 1.29 is 9.53 Å². The molecule has 0 unspecified atom stereocenters. The van der Waals surface area contributed by atoms with Gasteiger partial charge in [0.25, 0.3) is 10.4 Å². The monoisotopic (exact) mass is 301 g/mol. The summed E-state index contributed by atoms with van der Waals surface area (Å²) < 4.78 is 9.71. The predicted molar refractivity (Wildman–Crippen MR) is 76.9 cm³/mol. The molecule has 1 aromatic rings. The number of ether oxygens (including phenoxy) is 1. The molecule has 1 aliphatic carbocycles. The van der Waals surface area contributed by atoms with Gasteiger partial charge in [-0.2, -0.15) is 9.36 Å². The zero-order valence-corrected chi connectivity index (χ0v) is 12.9. The van der Waals surface area contributed by atoms with E-state index in [4.69, 9.17) is 4.74 Å². The van der Waals surface area contributed by atoms with E-state index in [1.165, 1.54) is 42.1 Å². The number of aromatic nitrogens is 2. The van der Waals surface area contributed by atoms with Crippen LogP contribution in [0.3, 0.4) is 0 Å². The van der Waals surface area contributed by atoms with E-state index in [1.807, 2.05) is 0 Å². The van der Waals surface area contributed by atoms with Gasteiger partial charge in [0, 0.05) is 37.4 Å². The summed E-state index contributed by atoms with van der Waals surface area (Å²) in [7, 11) is 3.42. The standard InChI is InChI=1S/C12H19N3O2S2/c1-15(2)12(16)18-10-13-11(19-14-10)17-8-7-9-5-3-4-6-9/h9H,3-8H2,1-2H3. The van der Waals surface area contributed by atoms with Gasteiger partial charge in [-0.05, 0) is 12.3 Å². The first-order valence-corrected chi connectivity index (χ1v) is 8.10. The second-order valence-corrected chi connectivity index (χ2v) is 6.53. The van der Waals surface area contributed by atoms with Crippen LogP contribution < -0.4 is 4.74 Å². The molecule has 0 atom stereocenters. The van der Waals surface area contributed by atoms with Gasteiger partial charge in [-0.3, -0.25) is 4.79 Å². The van der Waals surface area contributed by atoms with Crippen LogP contribution in [0.5, 0.6) is 5.19 Å². The molecule has 106 valence electrons. The summed E-state index contributed by atoms with van der Waals surface area (Å²) in [5.74, 6) is 0.817. The summed E-state index contributed by atoms with van der Waals surface area (Å²) in [6.45, 7) is 0.700. The van der Waals surface area contributed by atoms with Gasteiger partial charge in [0.05, 0.1) is 6.61 Å². The molecule has 0 aromatic carbocycles. The Morgan fingerprint density at radius 2 is 2.21 bits per heavy atom. The van der Waals surface area contributed by atoms with Crippen molar-refractivity contribution in [2.45, 2.75) is 37.3 Å². The van der Waals surface area contributed by atoms with Crippen LogP contribution in [0.25, 0.3) is 0 Å². The third-order valence-corrected chi connectivity index (χ3v) is 4.81. The number of carbonyl (C=O) groups excluding carboxylic acids is 1. The van der Waals surface area contributed by atoms with Crippen molar-refractivity contribution in [3.8, 4) is 5.19 Å². The fourth-order valence-electron chi connectivity index (χ4n) is 2.08. The minimum atomic E-state index is -0.0738. The Labute approximate surface area is 121 Å². The third-order valence-electron chi connectivity index (χ3n) is 3.16. The molecule has 0 spiro atoms. The average molecular weight is 301 g/mol. The number of hydrogen-bond donors (Lipinski definition) is 0.